The van der Waals surface area contributed by atoms with Crippen molar-refractivity contribution in [1.29, 1.82) is 0 Å². The lowest BCUT2D eigenvalue weighted by Crippen LogP contribution is -2.54. The minimum atomic E-state index is 0.416. The van der Waals surface area contributed by atoms with Crippen LogP contribution in [0.3, 0.4) is 0 Å². The van der Waals surface area contributed by atoms with Crippen LogP contribution in [0.4, 0.5) is 0 Å². The number of nitrogens with zero attached hydrogens (tertiary/aromatic N) is 2. The summed E-state index contributed by atoms with van der Waals surface area (Å²) in [7, 11) is 0. The van der Waals surface area contributed by atoms with Crippen LogP contribution in [0.25, 0.3) is 0 Å². The highest BCUT2D eigenvalue weighted by Gasteiger charge is 2.29. The normalized spacial score (nSPS) is 29.2. The molecule has 2 aliphatic rings. The third-order valence-electron chi connectivity index (χ3n) is 3.48. The van der Waals surface area contributed by atoms with E-state index in [0.29, 0.717) is 28.2 Å². The summed E-state index contributed by atoms with van der Waals surface area (Å²) in [5, 5.41) is 15.1. The number of nitrogens with two attached hydrogens (primary N) is 1. The summed E-state index contributed by atoms with van der Waals surface area (Å²) in [6.07, 6.45) is 3.67. The van der Waals surface area contributed by atoms with Gasteiger partial charge >= 0.3 is 0 Å². The number of allylic oxidation sites excluding steroid dienone is 2. The fraction of sp³-hybridized carbons (Fsp3) is 0.615. The maximum atomic E-state index is 11.6. The third kappa shape index (κ3) is 2.51. The van der Waals surface area contributed by atoms with Crippen LogP contribution >= 0.6 is 0 Å². The molecule has 3 N–H and O–H groups in total. The van der Waals surface area contributed by atoms with E-state index in [2.05, 4.69) is 30.8 Å². The van der Waals surface area contributed by atoms with Crippen LogP contribution in [0.5, 0.6) is 0 Å². The summed E-state index contributed by atoms with van der Waals surface area (Å²) in [6, 6.07) is 0.832. The highest BCUT2D eigenvalue weighted by molar-refractivity contribution is 5.34. The van der Waals surface area contributed by atoms with Gasteiger partial charge in [-0.05, 0) is 26.7 Å². The van der Waals surface area contributed by atoms with Gasteiger partial charge in [0, 0.05) is 25.2 Å². The van der Waals surface area contributed by atoms with Crippen molar-refractivity contribution in [3.8, 4) is 0 Å². The van der Waals surface area contributed by atoms with E-state index in [9.17, 15) is 5.21 Å². The summed E-state index contributed by atoms with van der Waals surface area (Å²) in [4.78, 5) is 2.27. The number of hydrogen-bond acceptors (Lipinski definition) is 4. The zero-order valence-corrected chi connectivity index (χ0v) is 11.1. The van der Waals surface area contributed by atoms with Gasteiger partial charge in [0.25, 0.3) is 5.70 Å². The minimum Gasteiger partial charge on any atom is -0.619 e. The first kappa shape index (κ1) is 13.0. The third-order valence-corrected chi connectivity index (χ3v) is 3.48. The van der Waals surface area contributed by atoms with E-state index in [4.69, 9.17) is 5.73 Å². The van der Waals surface area contributed by atoms with Crippen LogP contribution in [-0.4, -0.2) is 41.5 Å². The second-order valence-electron chi connectivity index (χ2n) is 5.25. The fourth-order valence-corrected chi connectivity index (χ4v) is 2.89. The number of nitrogens with one attached hydrogen (secondary N) is 1. The van der Waals surface area contributed by atoms with Crippen molar-refractivity contribution in [2.45, 2.75) is 38.8 Å². The molecule has 0 aromatic heterocycles. The highest BCUT2D eigenvalue weighted by atomic mass is 16.5. The molecular formula is C13H22N4O. The molecule has 0 amide bonds. The van der Waals surface area contributed by atoms with E-state index in [-0.39, 0.29) is 0 Å². The van der Waals surface area contributed by atoms with Crippen molar-refractivity contribution in [3.63, 3.8) is 0 Å². The van der Waals surface area contributed by atoms with Crippen molar-refractivity contribution >= 4 is 6.72 Å². The molecular weight excluding hydrogens is 228 g/mol. The molecule has 1 saturated heterocycles. The monoisotopic (exact) mass is 250 g/mol. The Morgan fingerprint density at radius 3 is 2.61 bits per heavy atom. The molecule has 0 aromatic carbocycles. The fourth-order valence-electron chi connectivity index (χ4n) is 2.89. The molecule has 0 spiro atoms. The number of hydrogen-bond donors (Lipinski definition) is 2. The summed E-state index contributed by atoms with van der Waals surface area (Å²) < 4.78 is 0.650. The smallest absolute Gasteiger partial charge is 0.258 e. The molecule has 2 atom stereocenters. The Balaban J connectivity index is 2.31. The zero-order valence-electron chi connectivity index (χ0n) is 11.1. The summed E-state index contributed by atoms with van der Waals surface area (Å²) >= 11 is 0. The quantitative estimate of drug-likeness (QED) is 0.328. The van der Waals surface area contributed by atoms with E-state index >= 15 is 0 Å². The van der Waals surface area contributed by atoms with Gasteiger partial charge in [0.05, 0.1) is 5.70 Å². The van der Waals surface area contributed by atoms with Gasteiger partial charge in [-0.15, -0.1) is 0 Å². The molecule has 100 valence electrons. The highest BCUT2D eigenvalue weighted by Crippen LogP contribution is 2.27. The van der Waals surface area contributed by atoms with Crippen LogP contribution in [0.15, 0.2) is 23.2 Å². The Morgan fingerprint density at radius 1 is 1.44 bits per heavy atom. The number of piperazine rings is 1. The lowest BCUT2D eigenvalue weighted by Gasteiger charge is -2.39. The molecule has 5 heteroatoms. The molecule has 1 aliphatic carbocycles. The van der Waals surface area contributed by atoms with Crippen LogP contribution < -0.4 is 11.1 Å². The molecule has 2 rings (SSSR count). The van der Waals surface area contributed by atoms with Crippen LogP contribution in [0, 0.1) is 5.21 Å². The molecule has 5 nitrogen and oxygen atoms in total. The molecule has 0 bridgehead atoms. The summed E-state index contributed by atoms with van der Waals surface area (Å²) in [6.45, 7) is 9.58. The van der Waals surface area contributed by atoms with Crippen molar-refractivity contribution in [3.05, 3.63) is 28.4 Å². The first-order chi connectivity index (χ1) is 8.49. The maximum absolute atomic E-state index is 11.6. The van der Waals surface area contributed by atoms with Gasteiger partial charge in [0.1, 0.15) is 12.4 Å². The van der Waals surface area contributed by atoms with Gasteiger partial charge in [-0.2, -0.15) is 4.74 Å². The SMILES string of the molecule is C=[N+]([O-])C1=C(N2C[C@@H](C)N[C@@H](C)C2)CCC=C1N. The van der Waals surface area contributed by atoms with E-state index in [1.165, 1.54) is 0 Å². The Morgan fingerprint density at radius 2 is 2.06 bits per heavy atom. The molecule has 1 aliphatic heterocycles. The summed E-state index contributed by atoms with van der Waals surface area (Å²) in [5.41, 5.74) is 8.07. The number of rotatable bonds is 2. The maximum Gasteiger partial charge on any atom is 0.258 e. The Hall–Kier alpha value is -1.49. The molecule has 0 saturated carbocycles. The van der Waals surface area contributed by atoms with Crippen molar-refractivity contribution < 1.29 is 4.74 Å². The topological polar surface area (TPSA) is 67.4 Å². The average molecular weight is 250 g/mol. The second-order valence-corrected chi connectivity index (χ2v) is 5.25. The van der Waals surface area contributed by atoms with Gasteiger partial charge in [-0.25, -0.2) is 0 Å². The lowest BCUT2D eigenvalue weighted by atomic mass is 10.0. The van der Waals surface area contributed by atoms with Gasteiger partial charge in [0.2, 0.25) is 0 Å². The van der Waals surface area contributed by atoms with Gasteiger partial charge in [-0.1, -0.05) is 6.08 Å². The van der Waals surface area contributed by atoms with E-state index in [1.54, 1.807) is 0 Å². The first-order valence-electron chi connectivity index (χ1n) is 6.47. The zero-order chi connectivity index (χ0) is 13.3. The van der Waals surface area contributed by atoms with Crippen LogP contribution in [-0.2, 0) is 0 Å². The Bertz CT molecular complexity index is 403. The van der Waals surface area contributed by atoms with Crippen LogP contribution in [0.1, 0.15) is 26.7 Å². The molecule has 0 unspecified atom stereocenters. The Labute approximate surface area is 108 Å². The first-order valence-corrected chi connectivity index (χ1v) is 6.47. The van der Waals surface area contributed by atoms with Crippen molar-refractivity contribution in [2.24, 2.45) is 5.73 Å². The van der Waals surface area contributed by atoms with Gasteiger partial charge in [-0.3, -0.25) is 0 Å². The van der Waals surface area contributed by atoms with E-state index in [0.717, 1.165) is 31.6 Å². The lowest BCUT2D eigenvalue weighted by molar-refractivity contribution is -0.390. The molecule has 0 radical (unpaired) electrons. The van der Waals surface area contributed by atoms with E-state index < -0.39 is 0 Å². The standard InChI is InChI=1S/C13H22N4O/c1-9-7-17(8-10(2)15-9)12-6-4-5-11(14)13(12)16(3)18/h5,9-10,15H,3-4,6-8,14H2,1-2H3/t9-,10+. The predicted molar refractivity (Wildman–Crippen MR) is 72.9 cm³/mol. The summed E-state index contributed by atoms with van der Waals surface area (Å²) in [5.74, 6) is 0. The second kappa shape index (κ2) is 5.02. The molecule has 18 heavy (non-hydrogen) atoms. The van der Waals surface area contributed by atoms with E-state index in [1.807, 2.05) is 6.08 Å². The van der Waals surface area contributed by atoms with Crippen molar-refractivity contribution in [1.82, 2.24) is 10.2 Å². The molecule has 0 aromatic rings. The molecule has 1 fully saturated rings. The largest absolute Gasteiger partial charge is 0.619 e. The molecule has 1 heterocycles. The number of hydroxylamine groups is 1. The van der Waals surface area contributed by atoms with Gasteiger partial charge < -0.3 is 21.2 Å². The van der Waals surface area contributed by atoms with Crippen LogP contribution in [0.2, 0.25) is 0 Å². The van der Waals surface area contributed by atoms with Crippen molar-refractivity contribution in [2.75, 3.05) is 13.1 Å². The minimum absolute atomic E-state index is 0.416. The van der Waals surface area contributed by atoms with Gasteiger partial charge in [0.15, 0.2) is 0 Å². The average Bonchev–Trinajstić information content (AvgIpc) is 2.26. The Kier molecular flexibility index (Phi) is 3.61. The predicted octanol–water partition coefficient (Wildman–Crippen LogP) is 0.727.